The van der Waals surface area contributed by atoms with Gasteiger partial charge in [0.25, 0.3) is 0 Å². The third-order valence-electron chi connectivity index (χ3n) is 9.03. The van der Waals surface area contributed by atoms with E-state index >= 15 is 0 Å². The second kappa shape index (κ2) is 10.1. The Morgan fingerprint density at radius 3 is 2.77 bits per heavy atom. The zero-order valence-electron chi connectivity index (χ0n) is 21.9. The fraction of sp³-hybridized carbons (Fsp3) is 0.571. The fourth-order valence-corrected chi connectivity index (χ4v) is 6.42. The van der Waals surface area contributed by atoms with E-state index in [0.717, 1.165) is 48.1 Å². The maximum atomic E-state index is 10.6. The number of aliphatic hydroxyl groups excluding tert-OH is 2. The van der Waals surface area contributed by atoms with E-state index in [1.807, 2.05) is 0 Å². The van der Waals surface area contributed by atoms with Crippen LogP contribution in [0.3, 0.4) is 0 Å². The van der Waals surface area contributed by atoms with Crippen LogP contribution in [0.15, 0.2) is 30.9 Å². The number of ether oxygens (including phenoxy) is 1. The summed E-state index contributed by atoms with van der Waals surface area (Å²) in [6, 6.07) is 6.73. The molecular formula is C28H36N8O3. The molecule has 39 heavy (non-hydrogen) atoms. The summed E-state index contributed by atoms with van der Waals surface area (Å²) in [5.41, 5.74) is 10.5. The summed E-state index contributed by atoms with van der Waals surface area (Å²) in [6.45, 7) is 1.33. The van der Waals surface area contributed by atoms with Crippen LogP contribution < -0.4 is 11.1 Å². The van der Waals surface area contributed by atoms with Crippen molar-refractivity contribution in [1.82, 2.24) is 34.8 Å². The number of hydrogen-bond donors (Lipinski definition) is 5. The highest BCUT2D eigenvalue weighted by Crippen LogP contribution is 2.38. The first-order chi connectivity index (χ1) is 19.0. The van der Waals surface area contributed by atoms with Crippen molar-refractivity contribution in [3.63, 3.8) is 0 Å². The largest absolute Gasteiger partial charge is 0.387 e. The van der Waals surface area contributed by atoms with Crippen molar-refractivity contribution in [1.29, 1.82) is 0 Å². The van der Waals surface area contributed by atoms with Crippen molar-refractivity contribution in [2.45, 2.75) is 75.4 Å². The van der Waals surface area contributed by atoms with Gasteiger partial charge in [0.15, 0.2) is 17.7 Å². The van der Waals surface area contributed by atoms with Crippen LogP contribution in [0, 0.1) is 11.8 Å². The molecule has 11 nitrogen and oxygen atoms in total. The predicted molar refractivity (Wildman–Crippen MR) is 146 cm³/mol. The SMILES string of the molecule is Nc1ncnc2c1ncn2[C@@H]1O[C@H](CNC[C@H]2C[C@H](CCc3nc4cc(C5CCC5)ccc4[nH]3)C2)[C@@H](O)[C@H]1O. The second-order valence-electron chi connectivity index (χ2n) is 11.6. The van der Waals surface area contributed by atoms with Crippen molar-refractivity contribution in [2.24, 2.45) is 11.8 Å². The van der Waals surface area contributed by atoms with Gasteiger partial charge in [-0.1, -0.05) is 12.5 Å². The number of H-pyrrole nitrogens is 1. The fourth-order valence-electron chi connectivity index (χ4n) is 6.42. The van der Waals surface area contributed by atoms with Gasteiger partial charge >= 0.3 is 0 Å². The molecule has 3 aliphatic rings. The zero-order valence-corrected chi connectivity index (χ0v) is 21.9. The van der Waals surface area contributed by atoms with E-state index in [4.69, 9.17) is 15.5 Å². The maximum Gasteiger partial charge on any atom is 0.167 e. The Kier molecular flexibility index (Phi) is 6.46. The number of aromatic amines is 1. The molecule has 0 bridgehead atoms. The Morgan fingerprint density at radius 2 is 1.95 bits per heavy atom. The number of nitrogen functional groups attached to an aromatic ring is 1. The first-order valence-electron chi connectivity index (χ1n) is 14.2. The van der Waals surface area contributed by atoms with Crippen LogP contribution in [-0.4, -0.2) is 71.1 Å². The van der Waals surface area contributed by atoms with E-state index < -0.39 is 24.5 Å². The lowest BCUT2D eigenvalue weighted by molar-refractivity contribution is -0.0346. The molecule has 0 radical (unpaired) electrons. The number of fused-ring (bicyclic) bond motifs is 2. The Hall–Kier alpha value is -3.12. The summed E-state index contributed by atoms with van der Waals surface area (Å²) < 4.78 is 7.63. The third kappa shape index (κ3) is 4.67. The van der Waals surface area contributed by atoms with E-state index in [1.54, 1.807) is 4.57 Å². The van der Waals surface area contributed by atoms with Gasteiger partial charge in [-0.3, -0.25) is 4.57 Å². The lowest BCUT2D eigenvalue weighted by atomic mass is 9.72. The molecule has 1 aromatic carbocycles. The normalized spacial score (nSPS) is 29.2. The molecule has 11 heteroatoms. The van der Waals surface area contributed by atoms with Crippen molar-refractivity contribution in [3.8, 4) is 0 Å². The number of rotatable bonds is 9. The second-order valence-corrected chi connectivity index (χ2v) is 11.6. The first-order valence-corrected chi connectivity index (χ1v) is 14.2. The van der Waals surface area contributed by atoms with Crippen LogP contribution in [-0.2, 0) is 11.2 Å². The zero-order chi connectivity index (χ0) is 26.5. The molecule has 3 fully saturated rings. The molecular weight excluding hydrogens is 496 g/mol. The maximum absolute atomic E-state index is 10.6. The number of nitrogens with zero attached hydrogens (tertiary/aromatic N) is 5. The summed E-state index contributed by atoms with van der Waals surface area (Å²) in [5.74, 6) is 3.43. The van der Waals surface area contributed by atoms with Gasteiger partial charge in [0, 0.05) is 13.0 Å². The summed E-state index contributed by atoms with van der Waals surface area (Å²) in [6.07, 6.45) is 7.93. The van der Waals surface area contributed by atoms with Gasteiger partial charge in [-0.25, -0.2) is 19.9 Å². The van der Waals surface area contributed by atoms with Gasteiger partial charge in [0.2, 0.25) is 0 Å². The first kappa shape index (κ1) is 24.9. The minimum absolute atomic E-state index is 0.263. The average molecular weight is 533 g/mol. The molecule has 4 aromatic rings. The van der Waals surface area contributed by atoms with Gasteiger partial charge in [-0.15, -0.1) is 0 Å². The van der Waals surface area contributed by atoms with Crippen LogP contribution in [0.4, 0.5) is 5.82 Å². The minimum atomic E-state index is -1.10. The molecule has 1 aliphatic heterocycles. The van der Waals surface area contributed by atoms with E-state index in [1.165, 1.54) is 50.3 Å². The molecule has 3 aromatic heterocycles. The lowest BCUT2D eigenvalue weighted by Crippen LogP contribution is -2.41. The number of aliphatic hydroxyl groups is 2. The smallest absolute Gasteiger partial charge is 0.167 e. The molecule has 6 N–H and O–H groups in total. The summed E-state index contributed by atoms with van der Waals surface area (Å²) in [5, 5.41) is 24.7. The third-order valence-corrected chi connectivity index (χ3v) is 9.03. The van der Waals surface area contributed by atoms with Crippen molar-refractivity contribution in [3.05, 3.63) is 42.2 Å². The Labute approximate surface area is 226 Å². The van der Waals surface area contributed by atoms with Crippen LogP contribution in [0.5, 0.6) is 0 Å². The molecule has 1 saturated heterocycles. The number of nitrogens with two attached hydrogens (primary N) is 1. The van der Waals surface area contributed by atoms with Gasteiger partial charge < -0.3 is 31.0 Å². The van der Waals surface area contributed by atoms with Crippen LogP contribution in [0.25, 0.3) is 22.2 Å². The molecule has 0 amide bonds. The number of anilines is 1. The van der Waals surface area contributed by atoms with Gasteiger partial charge in [0.1, 0.15) is 36.0 Å². The Morgan fingerprint density at radius 1 is 1.08 bits per heavy atom. The molecule has 2 saturated carbocycles. The monoisotopic (exact) mass is 532 g/mol. The van der Waals surface area contributed by atoms with E-state index in [9.17, 15) is 10.2 Å². The van der Waals surface area contributed by atoms with Gasteiger partial charge in [-0.2, -0.15) is 0 Å². The number of imidazole rings is 2. The number of hydrogen-bond acceptors (Lipinski definition) is 9. The van der Waals surface area contributed by atoms with Crippen LogP contribution in [0.2, 0.25) is 0 Å². The van der Waals surface area contributed by atoms with Crippen LogP contribution in [0.1, 0.15) is 62.1 Å². The summed E-state index contributed by atoms with van der Waals surface area (Å²) in [4.78, 5) is 20.8. The van der Waals surface area contributed by atoms with Crippen molar-refractivity contribution >= 4 is 28.0 Å². The van der Waals surface area contributed by atoms with Crippen LogP contribution >= 0.6 is 0 Å². The molecule has 0 spiro atoms. The highest BCUT2D eigenvalue weighted by Gasteiger charge is 2.44. The Bertz CT molecular complexity index is 1460. The number of nitrogens with one attached hydrogen (secondary N) is 2. The summed E-state index contributed by atoms with van der Waals surface area (Å²) in [7, 11) is 0. The highest BCUT2D eigenvalue weighted by molar-refractivity contribution is 5.81. The number of aryl methyl sites for hydroxylation is 1. The molecule has 7 rings (SSSR count). The Balaban J connectivity index is 0.858. The molecule has 4 atom stereocenters. The lowest BCUT2D eigenvalue weighted by Gasteiger charge is -2.35. The van der Waals surface area contributed by atoms with E-state index in [0.29, 0.717) is 23.6 Å². The molecule has 206 valence electrons. The van der Waals surface area contributed by atoms with E-state index in [-0.39, 0.29) is 5.82 Å². The predicted octanol–water partition coefficient (Wildman–Crippen LogP) is 2.42. The highest BCUT2D eigenvalue weighted by atomic mass is 16.6. The van der Waals surface area contributed by atoms with Gasteiger partial charge in [-0.05, 0) is 74.1 Å². The van der Waals surface area contributed by atoms with Crippen molar-refractivity contribution in [2.75, 3.05) is 18.8 Å². The standard InChI is InChI=1S/C28H36N8O3/c29-26-23-27(32-13-31-26)36(14-33-23)28-25(38)24(37)21(39-28)12-30-11-16-8-15(9-16)4-7-22-34-19-6-5-18(10-20(19)35-22)17-2-1-3-17/h5-6,10,13-17,21,24-25,28,30,37-38H,1-4,7-9,11-12H2,(H,34,35)(H2,29,31,32)/t15-,16-,21-,24-,25-,28-/m1/s1. The van der Waals surface area contributed by atoms with Crippen molar-refractivity contribution < 1.29 is 14.9 Å². The molecule has 4 heterocycles. The average Bonchev–Trinajstić information content (AvgIpc) is 3.56. The minimum Gasteiger partial charge on any atom is -0.387 e. The van der Waals surface area contributed by atoms with E-state index in [2.05, 4.69) is 43.5 Å². The molecule has 2 aliphatic carbocycles. The van der Waals surface area contributed by atoms with Gasteiger partial charge in [0.05, 0.1) is 17.4 Å². The number of benzene rings is 1. The quantitative estimate of drug-likeness (QED) is 0.218. The topological polar surface area (TPSA) is 160 Å². The molecule has 0 unspecified atom stereocenters. The summed E-state index contributed by atoms with van der Waals surface area (Å²) >= 11 is 0. The number of aromatic nitrogens is 6.